The predicted molar refractivity (Wildman–Crippen MR) is 158 cm³/mol. The third-order valence-corrected chi connectivity index (χ3v) is 9.12. The molecule has 3 N–H and O–H groups in total. The summed E-state index contributed by atoms with van der Waals surface area (Å²) in [5.74, 6) is 1.34. The van der Waals surface area contributed by atoms with Crippen molar-refractivity contribution in [2.24, 2.45) is 5.14 Å². The molecule has 0 aliphatic carbocycles. The van der Waals surface area contributed by atoms with Crippen molar-refractivity contribution in [2.75, 3.05) is 25.0 Å². The van der Waals surface area contributed by atoms with Crippen LogP contribution in [0, 0.1) is 0 Å². The zero-order valence-corrected chi connectivity index (χ0v) is 24.0. The monoisotopic (exact) mass is 565 g/mol. The summed E-state index contributed by atoms with van der Waals surface area (Å²) in [5.41, 5.74) is 4.11. The van der Waals surface area contributed by atoms with Crippen LogP contribution in [0.4, 0.5) is 11.6 Å². The molecule has 2 aromatic heterocycles. The molecular weight excluding hydrogens is 530 g/mol. The predicted octanol–water partition coefficient (Wildman–Crippen LogP) is 5.96. The van der Waals surface area contributed by atoms with Crippen molar-refractivity contribution in [3.63, 3.8) is 0 Å². The lowest BCUT2D eigenvalue weighted by molar-refractivity contribution is 0.104. The summed E-state index contributed by atoms with van der Waals surface area (Å²) in [7, 11) is -3.85. The molecule has 10 heteroatoms. The first kappa shape index (κ1) is 27.5. The summed E-state index contributed by atoms with van der Waals surface area (Å²) in [6.07, 6.45) is 6.58. The number of fused-ring (bicyclic) bond motifs is 1. The number of unbranched alkanes of at least 4 members (excludes halogenated alkanes) is 1. The van der Waals surface area contributed by atoms with Gasteiger partial charge in [0.15, 0.2) is 0 Å². The lowest BCUT2D eigenvalue weighted by Crippen LogP contribution is -2.37. The normalized spacial score (nSPS) is 15.1. The molecule has 1 saturated heterocycles. The van der Waals surface area contributed by atoms with E-state index in [-0.39, 0.29) is 11.0 Å². The van der Waals surface area contributed by atoms with E-state index in [1.54, 1.807) is 18.3 Å². The van der Waals surface area contributed by atoms with Gasteiger partial charge in [0.25, 0.3) is 0 Å². The Morgan fingerprint density at radius 3 is 2.56 bits per heavy atom. The number of nitrogens with one attached hydrogen (secondary N) is 1. The Bertz CT molecular complexity index is 1530. The van der Waals surface area contributed by atoms with Gasteiger partial charge in [0.05, 0.1) is 21.3 Å². The maximum atomic E-state index is 12.4. The number of sulfonamides is 1. The van der Waals surface area contributed by atoms with E-state index in [4.69, 9.17) is 14.9 Å². The highest BCUT2D eigenvalue weighted by molar-refractivity contribution is 7.89. The van der Waals surface area contributed by atoms with Gasteiger partial charge < -0.3 is 15.0 Å². The number of likely N-dealkylation sites (tertiary alicyclic amines) is 1. The van der Waals surface area contributed by atoms with Crippen LogP contribution in [-0.4, -0.2) is 49.0 Å². The summed E-state index contributed by atoms with van der Waals surface area (Å²) in [4.78, 5) is 12.0. The van der Waals surface area contributed by atoms with Gasteiger partial charge in [-0.05, 0) is 73.7 Å². The Kier molecular flexibility index (Phi) is 8.46. The topological polar surface area (TPSA) is 110 Å². The highest BCUT2D eigenvalue weighted by Gasteiger charge is 2.21. The molecule has 8 nitrogen and oxygen atoms in total. The van der Waals surface area contributed by atoms with Gasteiger partial charge >= 0.3 is 0 Å². The Balaban J connectivity index is 1.37. The molecular formula is C29H35N5O3S2. The van der Waals surface area contributed by atoms with Crippen molar-refractivity contribution in [3.8, 4) is 16.9 Å². The lowest BCUT2D eigenvalue weighted by Gasteiger charge is -2.31. The van der Waals surface area contributed by atoms with Gasteiger partial charge in [0.2, 0.25) is 16.0 Å². The minimum Gasteiger partial charge on any atom is -0.490 e. The zero-order valence-electron chi connectivity index (χ0n) is 22.4. The fourth-order valence-electron chi connectivity index (χ4n) is 5.06. The Hall–Kier alpha value is -3.05. The fraction of sp³-hybridized carbons (Fsp3) is 0.379. The van der Waals surface area contributed by atoms with Gasteiger partial charge in [-0.3, -0.25) is 0 Å². The molecule has 0 radical (unpaired) electrons. The molecule has 2 aromatic carbocycles. The number of nitrogens with two attached hydrogens (primary N) is 1. The average Bonchev–Trinajstić information content (AvgIpc) is 3.36. The van der Waals surface area contributed by atoms with E-state index in [0.717, 1.165) is 83.7 Å². The maximum Gasteiger partial charge on any atom is 0.238 e. The molecule has 0 bridgehead atoms. The van der Waals surface area contributed by atoms with Crippen LogP contribution >= 0.6 is 11.3 Å². The number of rotatable bonds is 10. The molecule has 0 spiro atoms. The first-order valence-corrected chi connectivity index (χ1v) is 15.9. The standard InChI is InChI=1S/C29H35N5O3S2/c1-3-5-7-24-23(8-6-9-27(24)39(30,35)36)25-19-38-26-18-31-29(33-28(25)26)32-20-10-12-21(13-11-20)37-22-14-16-34(4-2)17-15-22/h6,8-13,18-19,22H,3-5,7,14-17H2,1-2H3,(H2,30,35,36)(H,31,32,33). The first-order chi connectivity index (χ1) is 18.9. The highest BCUT2D eigenvalue weighted by atomic mass is 32.2. The minimum absolute atomic E-state index is 0.179. The van der Waals surface area contributed by atoms with Crippen molar-refractivity contribution >= 4 is 43.2 Å². The second kappa shape index (κ2) is 12.0. The molecule has 4 aromatic rings. The molecule has 0 amide bonds. The van der Waals surface area contributed by atoms with Crippen LogP contribution in [0.5, 0.6) is 5.75 Å². The second-order valence-electron chi connectivity index (χ2n) is 9.89. The zero-order chi connectivity index (χ0) is 27.4. The van der Waals surface area contributed by atoms with E-state index >= 15 is 0 Å². The molecule has 3 heterocycles. The van der Waals surface area contributed by atoms with Crippen molar-refractivity contribution < 1.29 is 13.2 Å². The van der Waals surface area contributed by atoms with Crippen molar-refractivity contribution in [1.82, 2.24) is 14.9 Å². The van der Waals surface area contributed by atoms with Crippen molar-refractivity contribution in [3.05, 3.63) is 59.6 Å². The van der Waals surface area contributed by atoms with E-state index in [2.05, 4.69) is 29.0 Å². The largest absolute Gasteiger partial charge is 0.490 e. The fourth-order valence-corrected chi connectivity index (χ4v) is 6.75. The first-order valence-electron chi connectivity index (χ1n) is 13.5. The number of hydrogen-bond acceptors (Lipinski definition) is 8. The quantitative estimate of drug-likeness (QED) is 0.244. The number of anilines is 2. The summed E-state index contributed by atoms with van der Waals surface area (Å²) in [5, 5.41) is 10.9. The number of aromatic nitrogens is 2. The number of hydrogen-bond donors (Lipinski definition) is 2. The van der Waals surface area contributed by atoms with E-state index in [0.29, 0.717) is 12.4 Å². The number of primary sulfonamides is 1. The van der Waals surface area contributed by atoms with E-state index < -0.39 is 10.0 Å². The number of nitrogens with zero attached hydrogens (tertiary/aromatic N) is 3. The highest BCUT2D eigenvalue weighted by Crippen LogP contribution is 2.37. The smallest absolute Gasteiger partial charge is 0.238 e. The van der Waals surface area contributed by atoms with Crippen molar-refractivity contribution in [2.45, 2.75) is 57.0 Å². The molecule has 5 rings (SSSR count). The SMILES string of the molecule is CCCCc1c(-c2csc3cnc(Nc4ccc(OC5CCN(CC)CC5)cc4)nc23)cccc1S(N)(=O)=O. The Morgan fingerprint density at radius 1 is 1.10 bits per heavy atom. The molecule has 0 atom stereocenters. The van der Waals surface area contributed by atoms with E-state index in [9.17, 15) is 8.42 Å². The van der Waals surface area contributed by atoms with E-state index in [1.165, 1.54) is 11.3 Å². The summed E-state index contributed by atoms with van der Waals surface area (Å²) < 4.78 is 31.8. The number of thiophene rings is 1. The molecule has 1 aliphatic heterocycles. The molecule has 0 unspecified atom stereocenters. The second-order valence-corrected chi connectivity index (χ2v) is 12.3. The van der Waals surface area contributed by atoms with Crippen LogP contribution < -0.4 is 15.2 Å². The Labute approximate surface area is 234 Å². The average molecular weight is 566 g/mol. The van der Waals surface area contributed by atoms with Gasteiger partial charge in [0, 0.05) is 29.7 Å². The van der Waals surface area contributed by atoms with Gasteiger partial charge in [-0.2, -0.15) is 0 Å². The van der Waals surface area contributed by atoms with Gasteiger partial charge in [-0.1, -0.05) is 32.4 Å². The number of benzene rings is 2. The van der Waals surface area contributed by atoms with Gasteiger partial charge in [-0.25, -0.2) is 23.5 Å². The third-order valence-electron chi connectivity index (χ3n) is 7.22. The summed E-state index contributed by atoms with van der Waals surface area (Å²) >= 11 is 1.54. The van der Waals surface area contributed by atoms with Gasteiger partial charge in [-0.15, -0.1) is 11.3 Å². The minimum atomic E-state index is -3.85. The van der Waals surface area contributed by atoms with Crippen LogP contribution in [0.3, 0.4) is 0 Å². The Morgan fingerprint density at radius 2 is 1.87 bits per heavy atom. The summed E-state index contributed by atoms with van der Waals surface area (Å²) in [6, 6.07) is 13.2. The van der Waals surface area contributed by atoms with Gasteiger partial charge in [0.1, 0.15) is 11.9 Å². The molecule has 206 valence electrons. The molecule has 39 heavy (non-hydrogen) atoms. The van der Waals surface area contributed by atoms with Crippen LogP contribution in [0.25, 0.3) is 21.3 Å². The molecule has 0 saturated carbocycles. The lowest BCUT2D eigenvalue weighted by atomic mass is 9.97. The summed E-state index contributed by atoms with van der Waals surface area (Å²) in [6.45, 7) is 7.54. The molecule has 1 fully saturated rings. The van der Waals surface area contributed by atoms with Crippen LogP contribution in [0.2, 0.25) is 0 Å². The van der Waals surface area contributed by atoms with Crippen LogP contribution in [0.15, 0.2) is 58.9 Å². The van der Waals surface area contributed by atoms with Crippen LogP contribution in [0.1, 0.15) is 45.1 Å². The number of piperidine rings is 1. The third kappa shape index (κ3) is 6.41. The van der Waals surface area contributed by atoms with Crippen LogP contribution in [-0.2, 0) is 16.4 Å². The number of ether oxygens (including phenoxy) is 1. The van der Waals surface area contributed by atoms with Crippen molar-refractivity contribution in [1.29, 1.82) is 0 Å². The molecule has 1 aliphatic rings. The maximum absolute atomic E-state index is 12.4. The van der Waals surface area contributed by atoms with E-state index in [1.807, 2.05) is 35.7 Å².